The Morgan fingerprint density at radius 1 is 0.844 bits per heavy atom. The molecule has 0 spiro atoms. The topological polar surface area (TPSA) is 97.0 Å². The highest BCUT2D eigenvalue weighted by molar-refractivity contribution is 5.99. The van der Waals surface area contributed by atoms with Gasteiger partial charge in [-0.15, -0.1) is 0 Å². The Bertz CT molecular complexity index is 1380. The van der Waals surface area contributed by atoms with Crippen LogP contribution in [0.3, 0.4) is 0 Å². The minimum absolute atomic E-state index is 0.240. The van der Waals surface area contributed by atoms with Crippen LogP contribution in [0.15, 0.2) is 72.8 Å². The van der Waals surface area contributed by atoms with Crippen LogP contribution in [0.4, 0.5) is 10.5 Å². The van der Waals surface area contributed by atoms with Gasteiger partial charge >= 0.3 is 6.09 Å². The molecule has 45 heavy (non-hydrogen) atoms. The number of methoxy groups -OCH3 is 1. The van der Waals surface area contributed by atoms with Crippen molar-refractivity contribution < 1.29 is 23.9 Å². The van der Waals surface area contributed by atoms with Gasteiger partial charge in [-0.2, -0.15) is 0 Å². The van der Waals surface area contributed by atoms with Crippen molar-refractivity contribution in [1.29, 1.82) is 0 Å². The minimum atomic E-state index is -0.964. The Kier molecular flexibility index (Phi) is 13.0. The Morgan fingerprint density at radius 3 is 2.07 bits per heavy atom. The van der Waals surface area contributed by atoms with E-state index in [-0.39, 0.29) is 18.2 Å². The van der Waals surface area contributed by atoms with Gasteiger partial charge in [0.2, 0.25) is 5.91 Å². The van der Waals surface area contributed by atoms with E-state index in [2.05, 4.69) is 17.6 Å². The highest BCUT2D eigenvalue weighted by Crippen LogP contribution is 2.31. The Balaban J connectivity index is 2.10. The summed E-state index contributed by atoms with van der Waals surface area (Å²) in [5, 5.41) is 5.89. The fourth-order valence-electron chi connectivity index (χ4n) is 5.35. The standard InChI is InChI=1S/C37H49N3O5/c1-8-9-10-14-24-40(35(42)31(25-28-18-12-11-13-19-28)39-36(43)45-37(4,5)6)33(32-26(2)16-15-17-27(32)3)34(41)38-29-20-22-30(44-7)23-21-29/h11-13,15-23,31,33H,8-10,14,24-25H2,1-7H3,(H,38,41)(H,39,43). The van der Waals surface area contributed by atoms with Crippen LogP contribution in [0.2, 0.25) is 0 Å². The summed E-state index contributed by atoms with van der Waals surface area (Å²) >= 11 is 0. The fourth-order valence-corrected chi connectivity index (χ4v) is 5.35. The van der Waals surface area contributed by atoms with Gasteiger partial charge in [-0.3, -0.25) is 9.59 Å². The molecular weight excluding hydrogens is 566 g/mol. The third-order valence-corrected chi connectivity index (χ3v) is 7.54. The van der Waals surface area contributed by atoms with E-state index in [0.29, 0.717) is 24.4 Å². The summed E-state index contributed by atoms with van der Waals surface area (Å²) in [6, 6.07) is 20.6. The van der Waals surface area contributed by atoms with Crippen molar-refractivity contribution in [3.8, 4) is 5.75 Å². The van der Waals surface area contributed by atoms with Gasteiger partial charge in [-0.1, -0.05) is 74.7 Å². The Morgan fingerprint density at radius 2 is 1.49 bits per heavy atom. The van der Waals surface area contributed by atoms with E-state index in [9.17, 15) is 14.4 Å². The molecule has 2 unspecified atom stereocenters. The molecule has 0 radical (unpaired) electrons. The zero-order valence-corrected chi connectivity index (χ0v) is 27.8. The number of hydrogen-bond acceptors (Lipinski definition) is 5. The van der Waals surface area contributed by atoms with E-state index in [1.165, 1.54) is 0 Å². The number of ether oxygens (including phenoxy) is 2. The molecule has 3 amide bonds. The number of alkyl carbamates (subject to hydrolysis) is 1. The van der Waals surface area contributed by atoms with E-state index in [0.717, 1.165) is 41.5 Å². The first-order valence-corrected chi connectivity index (χ1v) is 15.8. The van der Waals surface area contributed by atoms with Crippen LogP contribution in [0, 0.1) is 13.8 Å². The maximum atomic E-state index is 14.7. The molecule has 2 N–H and O–H groups in total. The average Bonchev–Trinajstić information content (AvgIpc) is 2.99. The highest BCUT2D eigenvalue weighted by atomic mass is 16.6. The van der Waals surface area contributed by atoms with E-state index in [1.54, 1.807) is 57.0 Å². The van der Waals surface area contributed by atoms with Crippen molar-refractivity contribution in [3.63, 3.8) is 0 Å². The van der Waals surface area contributed by atoms with Crippen LogP contribution >= 0.6 is 0 Å². The van der Waals surface area contributed by atoms with Crippen LogP contribution in [-0.4, -0.2) is 48.1 Å². The first-order chi connectivity index (χ1) is 21.4. The first-order valence-electron chi connectivity index (χ1n) is 15.8. The second kappa shape index (κ2) is 16.7. The van der Waals surface area contributed by atoms with E-state index >= 15 is 0 Å². The number of carbonyl (C=O) groups is 3. The van der Waals surface area contributed by atoms with Gasteiger partial charge in [-0.05, 0) is 87.6 Å². The van der Waals surface area contributed by atoms with Crippen molar-refractivity contribution in [3.05, 3.63) is 95.1 Å². The molecule has 0 fully saturated rings. The third kappa shape index (κ3) is 10.7. The maximum absolute atomic E-state index is 14.7. The number of anilines is 1. The third-order valence-electron chi connectivity index (χ3n) is 7.54. The molecule has 0 saturated carbocycles. The molecule has 242 valence electrons. The quantitative estimate of drug-likeness (QED) is 0.183. The highest BCUT2D eigenvalue weighted by Gasteiger charge is 2.37. The van der Waals surface area contributed by atoms with Gasteiger partial charge in [0.05, 0.1) is 7.11 Å². The van der Waals surface area contributed by atoms with E-state index in [4.69, 9.17) is 9.47 Å². The number of amides is 3. The van der Waals surface area contributed by atoms with E-state index < -0.39 is 23.8 Å². The molecule has 8 nitrogen and oxygen atoms in total. The van der Waals surface area contributed by atoms with Gasteiger partial charge in [0.25, 0.3) is 5.91 Å². The summed E-state index contributed by atoms with van der Waals surface area (Å²) in [6.45, 7) is 11.7. The average molecular weight is 616 g/mol. The summed E-state index contributed by atoms with van der Waals surface area (Å²) in [7, 11) is 1.59. The van der Waals surface area contributed by atoms with Gasteiger partial charge in [-0.25, -0.2) is 4.79 Å². The number of hydrogen-bond donors (Lipinski definition) is 2. The van der Waals surface area contributed by atoms with Crippen LogP contribution in [0.25, 0.3) is 0 Å². The number of rotatable bonds is 14. The Hall–Kier alpha value is -4.33. The van der Waals surface area contributed by atoms with E-state index in [1.807, 2.05) is 62.4 Å². The number of benzene rings is 3. The number of carbonyl (C=O) groups excluding carboxylic acids is 3. The second-order valence-electron chi connectivity index (χ2n) is 12.4. The van der Waals surface area contributed by atoms with Crippen LogP contribution in [-0.2, 0) is 20.7 Å². The maximum Gasteiger partial charge on any atom is 0.408 e. The summed E-state index contributed by atoms with van der Waals surface area (Å²) in [6.07, 6.45) is 3.21. The smallest absolute Gasteiger partial charge is 0.408 e. The van der Waals surface area contributed by atoms with Crippen LogP contribution < -0.4 is 15.4 Å². The number of unbranched alkanes of at least 4 members (excludes halogenated alkanes) is 3. The van der Waals surface area contributed by atoms with Gasteiger partial charge in [0, 0.05) is 18.7 Å². The normalized spacial score (nSPS) is 12.5. The summed E-state index contributed by atoms with van der Waals surface area (Å²) in [4.78, 5) is 43.8. The predicted molar refractivity (Wildman–Crippen MR) is 179 cm³/mol. The molecule has 0 aliphatic rings. The zero-order valence-electron chi connectivity index (χ0n) is 27.8. The van der Waals surface area contributed by atoms with Crippen LogP contribution in [0.1, 0.15) is 81.7 Å². The molecule has 3 aromatic carbocycles. The summed E-state index contributed by atoms with van der Waals surface area (Å²) < 4.78 is 10.9. The Labute approximate surface area is 268 Å². The van der Waals surface area contributed by atoms with Gasteiger partial charge in [0.15, 0.2) is 0 Å². The van der Waals surface area contributed by atoms with Crippen molar-refractivity contribution in [1.82, 2.24) is 10.2 Å². The lowest BCUT2D eigenvalue weighted by Gasteiger charge is -2.36. The molecule has 0 aromatic heterocycles. The fraction of sp³-hybridized carbons (Fsp3) is 0.432. The molecule has 0 aliphatic carbocycles. The van der Waals surface area contributed by atoms with Gasteiger partial charge in [0.1, 0.15) is 23.4 Å². The minimum Gasteiger partial charge on any atom is -0.497 e. The lowest BCUT2D eigenvalue weighted by atomic mass is 9.93. The largest absolute Gasteiger partial charge is 0.497 e. The molecule has 0 aliphatic heterocycles. The lowest BCUT2D eigenvalue weighted by molar-refractivity contribution is -0.141. The monoisotopic (exact) mass is 615 g/mol. The van der Waals surface area contributed by atoms with Crippen molar-refractivity contribution in [2.24, 2.45) is 0 Å². The molecule has 8 heteroatoms. The predicted octanol–water partition coefficient (Wildman–Crippen LogP) is 7.54. The first kappa shape index (κ1) is 35.2. The summed E-state index contributed by atoms with van der Waals surface area (Å²) in [5.74, 6) is -0.0140. The number of nitrogens with one attached hydrogen (secondary N) is 2. The molecule has 3 rings (SSSR count). The molecule has 2 atom stereocenters. The van der Waals surface area contributed by atoms with Crippen molar-refractivity contribution in [2.75, 3.05) is 19.0 Å². The van der Waals surface area contributed by atoms with Crippen molar-refractivity contribution in [2.45, 2.75) is 91.3 Å². The molecular formula is C37H49N3O5. The second-order valence-corrected chi connectivity index (χ2v) is 12.4. The molecule has 3 aromatic rings. The number of aryl methyl sites for hydroxylation is 2. The summed E-state index contributed by atoms with van der Waals surface area (Å²) in [5.41, 5.74) is 3.28. The van der Waals surface area contributed by atoms with Crippen molar-refractivity contribution >= 4 is 23.6 Å². The number of nitrogens with zero attached hydrogens (tertiary/aromatic N) is 1. The SMILES string of the molecule is CCCCCCN(C(=O)C(Cc1ccccc1)NC(=O)OC(C)(C)C)C(C(=O)Nc1ccc(OC)cc1)c1c(C)cccc1C. The molecule has 0 heterocycles. The zero-order chi connectivity index (χ0) is 33.0. The lowest BCUT2D eigenvalue weighted by Crippen LogP contribution is -2.53. The molecule has 0 bridgehead atoms. The van der Waals surface area contributed by atoms with Gasteiger partial charge < -0.3 is 25.0 Å². The molecule has 0 saturated heterocycles. The van der Waals surface area contributed by atoms with Crippen LogP contribution in [0.5, 0.6) is 5.75 Å².